The molecule has 0 amide bonds. The average molecular weight is 274 g/mol. The van der Waals surface area contributed by atoms with Crippen LogP contribution in [0.1, 0.15) is 19.8 Å². The monoisotopic (exact) mass is 274 g/mol. The van der Waals surface area contributed by atoms with E-state index in [1.807, 2.05) is 12.1 Å². The molecular formula is C14H18N4O2. The number of benzene rings is 1. The summed E-state index contributed by atoms with van der Waals surface area (Å²) < 4.78 is 0. The van der Waals surface area contributed by atoms with Gasteiger partial charge in [-0.15, -0.1) is 0 Å². The summed E-state index contributed by atoms with van der Waals surface area (Å²) in [6, 6.07) is 6.95. The maximum absolute atomic E-state index is 11.0. The fourth-order valence-electron chi connectivity index (χ4n) is 2.25. The Kier molecular flexibility index (Phi) is 4.47. The van der Waals surface area contributed by atoms with Crippen molar-refractivity contribution >= 4 is 22.3 Å². The zero-order chi connectivity index (χ0) is 14.5. The summed E-state index contributed by atoms with van der Waals surface area (Å²) in [7, 11) is 0. The molecule has 0 aliphatic heterocycles. The number of nitro benzene ring substituents is 1. The van der Waals surface area contributed by atoms with Crippen molar-refractivity contribution in [3.05, 3.63) is 40.6 Å². The molecule has 1 unspecified atom stereocenters. The fraction of sp³-hybridized carbons (Fsp3) is 0.357. The highest BCUT2D eigenvalue weighted by Gasteiger charge is 2.15. The van der Waals surface area contributed by atoms with Crippen molar-refractivity contribution in [2.45, 2.75) is 25.8 Å². The molecule has 20 heavy (non-hydrogen) atoms. The summed E-state index contributed by atoms with van der Waals surface area (Å²) >= 11 is 0. The molecule has 2 rings (SSSR count). The second-order valence-corrected chi connectivity index (χ2v) is 4.65. The molecule has 0 saturated heterocycles. The number of rotatable bonds is 6. The van der Waals surface area contributed by atoms with Crippen LogP contribution in [-0.4, -0.2) is 22.5 Å². The third-order valence-corrected chi connectivity index (χ3v) is 3.23. The molecule has 3 N–H and O–H groups in total. The number of nitro groups is 1. The lowest BCUT2D eigenvalue weighted by atomic mass is 10.1. The molecule has 0 bridgehead atoms. The Morgan fingerprint density at radius 2 is 2.25 bits per heavy atom. The van der Waals surface area contributed by atoms with E-state index < -0.39 is 4.92 Å². The highest BCUT2D eigenvalue weighted by molar-refractivity contribution is 5.96. The molecule has 1 heterocycles. The molecule has 0 saturated carbocycles. The first-order valence-electron chi connectivity index (χ1n) is 6.66. The molecule has 0 spiro atoms. The lowest BCUT2D eigenvalue weighted by Gasteiger charge is -2.18. The predicted octanol–water partition coefficient (Wildman–Crippen LogP) is 2.68. The normalized spacial score (nSPS) is 12.3. The number of nitrogens with zero attached hydrogens (tertiary/aromatic N) is 2. The topological polar surface area (TPSA) is 94.1 Å². The number of nitrogens with two attached hydrogens (primary N) is 1. The Labute approximate surface area is 117 Å². The van der Waals surface area contributed by atoms with Gasteiger partial charge in [-0.3, -0.25) is 10.1 Å². The van der Waals surface area contributed by atoms with Gasteiger partial charge in [0.25, 0.3) is 5.69 Å². The molecule has 6 nitrogen and oxygen atoms in total. The minimum Gasteiger partial charge on any atom is -0.380 e. The van der Waals surface area contributed by atoms with Crippen molar-refractivity contribution in [1.82, 2.24) is 4.98 Å². The number of aromatic nitrogens is 1. The predicted molar refractivity (Wildman–Crippen MR) is 79.8 cm³/mol. The zero-order valence-electron chi connectivity index (χ0n) is 11.4. The second-order valence-electron chi connectivity index (χ2n) is 4.65. The summed E-state index contributed by atoms with van der Waals surface area (Å²) in [6.07, 6.45) is 3.56. The van der Waals surface area contributed by atoms with E-state index in [1.165, 1.54) is 6.07 Å². The first-order valence-corrected chi connectivity index (χ1v) is 6.66. The van der Waals surface area contributed by atoms with Crippen LogP contribution in [0.2, 0.25) is 0 Å². The molecule has 2 aromatic rings. The van der Waals surface area contributed by atoms with E-state index in [1.54, 1.807) is 12.3 Å². The summed E-state index contributed by atoms with van der Waals surface area (Å²) in [6.45, 7) is 2.62. The Hall–Kier alpha value is -2.21. The second kappa shape index (κ2) is 6.29. The van der Waals surface area contributed by atoms with Crippen LogP contribution in [0, 0.1) is 10.1 Å². The van der Waals surface area contributed by atoms with Crippen molar-refractivity contribution in [3.8, 4) is 0 Å². The maximum Gasteiger partial charge on any atom is 0.295 e. The van der Waals surface area contributed by atoms with Gasteiger partial charge in [0.05, 0.1) is 4.92 Å². The van der Waals surface area contributed by atoms with Gasteiger partial charge >= 0.3 is 0 Å². The molecule has 0 aliphatic rings. The van der Waals surface area contributed by atoms with E-state index in [0.717, 1.165) is 23.9 Å². The van der Waals surface area contributed by atoms with Gasteiger partial charge in [0.15, 0.2) is 0 Å². The summed E-state index contributed by atoms with van der Waals surface area (Å²) in [5, 5.41) is 15.1. The smallest absolute Gasteiger partial charge is 0.295 e. The molecule has 0 aliphatic carbocycles. The number of nitrogens with one attached hydrogen (secondary N) is 1. The first kappa shape index (κ1) is 14.2. The van der Waals surface area contributed by atoms with E-state index in [4.69, 9.17) is 5.73 Å². The Balaban J connectivity index is 2.44. The number of fused-ring (bicyclic) bond motifs is 1. The van der Waals surface area contributed by atoms with Gasteiger partial charge in [-0.25, -0.2) is 4.98 Å². The summed E-state index contributed by atoms with van der Waals surface area (Å²) in [5.74, 6) is 0. The van der Waals surface area contributed by atoms with Gasteiger partial charge in [0.1, 0.15) is 5.52 Å². The van der Waals surface area contributed by atoms with E-state index in [2.05, 4.69) is 17.2 Å². The summed E-state index contributed by atoms with van der Waals surface area (Å²) in [5.41, 5.74) is 7.00. The highest BCUT2D eigenvalue weighted by Crippen LogP contribution is 2.29. The van der Waals surface area contributed by atoms with E-state index in [0.29, 0.717) is 12.1 Å². The minimum atomic E-state index is -0.411. The molecule has 0 fully saturated rings. The van der Waals surface area contributed by atoms with Crippen molar-refractivity contribution in [3.63, 3.8) is 0 Å². The van der Waals surface area contributed by atoms with Crippen molar-refractivity contribution in [1.29, 1.82) is 0 Å². The summed E-state index contributed by atoms with van der Waals surface area (Å²) in [4.78, 5) is 14.8. The van der Waals surface area contributed by atoms with E-state index in [-0.39, 0.29) is 11.7 Å². The SMILES string of the molecule is CCCC(CN)Nc1ccnc2c([N+](=O)[O-])cccc12. The number of hydrogen-bond acceptors (Lipinski definition) is 5. The van der Waals surface area contributed by atoms with Crippen LogP contribution in [0.4, 0.5) is 11.4 Å². The molecule has 6 heteroatoms. The van der Waals surface area contributed by atoms with Gasteiger partial charge in [0, 0.05) is 35.9 Å². The number of para-hydroxylation sites is 1. The van der Waals surface area contributed by atoms with Crippen LogP contribution in [0.15, 0.2) is 30.5 Å². The Bertz CT molecular complexity index is 615. The van der Waals surface area contributed by atoms with Gasteiger partial charge in [-0.2, -0.15) is 0 Å². The van der Waals surface area contributed by atoms with Crippen LogP contribution in [0.5, 0.6) is 0 Å². The average Bonchev–Trinajstić information content (AvgIpc) is 2.46. The third kappa shape index (κ3) is 2.85. The van der Waals surface area contributed by atoms with Crippen molar-refractivity contribution in [2.24, 2.45) is 5.73 Å². The lowest BCUT2D eigenvalue weighted by Crippen LogP contribution is -2.28. The van der Waals surface area contributed by atoms with E-state index >= 15 is 0 Å². The fourth-order valence-corrected chi connectivity index (χ4v) is 2.25. The maximum atomic E-state index is 11.0. The lowest BCUT2D eigenvalue weighted by molar-refractivity contribution is -0.383. The van der Waals surface area contributed by atoms with Gasteiger partial charge < -0.3 is 11.1 Å². The van der Waals surface area contributed by atoms with Crippen LogP contribution in [0.3, 0.4) is 0 Å². The number of anilines is 1. The molecule has 1 aromatic heterocycles. The highest BCUT2D eigenvalue weighted by atomic mass is 16.6. The molecular weight excluding hydrogens is 256 g/mol. The Morgan fingerprint density at radius 1 is 1.45 bits per heavy atom. The van der Waals surface area contributed by atoms with Crippen molar-refractivity contribution in [2.75, 3.05) is 11.9 Å². The number of pyridine rings is 1. The zero-order valence-corrected chi connectivity index (χ0v) is 11.4. The van der Waals surface area contributed by atoms with Crippen LogP contribution < -0.4 is 11.1 Å². The molecule has 1 atom stereocenters. The van der Waals surface area contributed by atoms with Gasteiger partial charge in [-0.1, -0.05) is 25.5 Å². The largest absolute Gasteiger partial charge is 0.380 e. The van der Waals surface area contributed by atoms with E-state index in [9.17, 15) is 10.1 Å². The van der Waals surface area contributed by atoms with Gasteiger partial charge in [0.2, 0.25) is 0 Å². The van der Waals surface area contributed by atoms with Gasteiger partial charge in [-0.05, 0) is 12.5 Å². The quantitative estimate of drug-likeness (QED) is 0.624. The number of non-ortho nitro benzene ring substituents is 1. The van der Waals surface area contributed by atoms with Crippen LogP contribution in [0.25, 0.3) is 10.9 Å². The number of hydrogen-bond donors (Lipinski definition) is 2. The van der Waals surface area contributed by atoms with Crippen molar-refractivity contribution < 1.29 is 4.92 Å². The third-order valence-electron chi connectivity index (χ3n) is 3.23. The van der Waals surface area contributed by atoms with Crippen LogP contribution in [-0.2, 0) is 0 Å². The molecule has 106 valence electrons. The first-order chi connectivity index (χ1) is 9.67. The molecule has 1 aromatic carbocycles. The van der Waals surface area contributed by atoms with Crippen LogP contribution >= 0.6 is 0 Å². The standard InChI is InChI=1S/C14H18N4O2/c1-2-4-10(9-15)17-12-7-8-16-14-11(12)5-3-6-13(14)18(19)20/h3,5-8,10H,2,4,9,15H2,1H3,(H,16,17). The molecule has 0 radical (unpaired) electrons. The Morgan fingerprint density at radius 3 is 2.90 bits per heavy atom. The minimum absolute atomic E-state index is 0.0194.